The Bertz CT molecular complexity index is 3190. The summed E-state index contributed by atoms with van der Waals surface area (Å²) in [5, 5.41) is 7.24. The van der Waals surface area contributed by atoms with Gasteiger partial charge in [0.2, 0.25) is 0 Å². The van der Waals surface area contributed by atoms with Crippen LogP contribution in [0.15, 0.2) is 182 Å². The maximum atomic E-state index is 14.1. The summed E-state index contributed by atoms with van der Waals surface area (Å²) in [6.07, 6.45) is 0. The first-order valence-corrected chi connectivity index (χ1v) is 18.6. The molecular weight excluding hydrogens is 670 g/mol. The van der Waals surface area contributed by atoms with E-state index < -0.39 is 0 Å². The van der Waals surface area contributed by atoms with Gasteiger partial charge in [0.25, 0.3) is 0 Å². The molecule has 0 aliphatic heterocycles. The Kier molecular flexibility index (Phi) is 6.60. The fourth-order valence-corrected chi connectivity index (χ4v) is 9.46. The molecule has 0 aliphatic carbocycles. The average molecular weight is 700 g/mol. The maximum absolute atomic E-state index is 14.1. The number of hydrogen-bond acceptors (Lipinski definition) is 2. The third-order valence-electron chi connectivity index (χ3n) is 10.6. The minimum absolute atomic E-state index is 0.244. The topological polar surface area (TPSA) is 13.1 Å². The van der Waals surface area contributed by atoms with Gasteiger partial charge in [-0.2, -0.15) is 0 Å². The summed E-state index contributed by atoms with van der Waals surface area (Å²) in [7, 11) is 0. The average Bonchev–Trinajstić information content (AvgIpc) is 3.87. The van der Waals surface area contributed by atoms with E-state index in [9.17, 15) is 4.39 Å². The summed E-state index contributed by atoms with van der Waals surface area (Å²) in [5.41, 5.74) is 9.80. The Labute approximate surface area is 308 Å². The summed E-state index contributed by atoms with van der Waals surface area (Å²) in [6.45, 7) is 0. The van der Waals surface area contributed by atoms with E-state index >= 15 is 0 Å². The number of benzene rings is 8. The highest BCUT2D eigenvalue weighted by molar-refractivity contribution is 7.26. The number of rotatable bonds is 5. The maximum Gasteiger partial charge on any atom is 0.123 e. The number of nitrogens with zero attached hydrogens (tertiary/aromatic N) is 3. The van der Waals surface area contributed by atoms with Gasteiger partial charge in [-0.15, -0.1) is 11.3 Å². The molecular formula is C48H30FN3S. The van der Waals surface area contributed by atoms with E-state index in [0.717, 1.165) is 55.8 Å². The van der Waals surface area contributed by atoms with E-state index in [2.05, 4.69) is 172 Å². The van der Waals surface area contributed by atoms with Gasteiger partial charge in [0, 0.05) is 59.8 Å². The zero-order valence-electron chi connectivity index (χ0n) is 28.4. The molecule has 3 nitrogen and oxygen atoms in total. The Morgan fingerprint density at radius 1 is 0.396 bits per heavy atom. The van der Waals surface area contributed by atoms with Crippen molar-refractivity contribution in [1.29, 1.82) is 0 Å². The van der Waals surface area contributed by atoms with E-state index in [1.54, 1.807) is 0 Å². The van der Waals surface area contributed by atoms with Crippen LogP contribution in [0.25, 0.3) is 75.2 Å². The molecule has 250 valence electrons. The molecule has 0 atom stereocenters. The van der Waals surface area contributed by atoms with Crippen molar-refractivity contribution in [3.05, 3.63) is 188 Å². The van der Waals surface area contributed by atoms with Crippen LogP contribution in [0.1, 0.15) is 0 Å². The number of fused-ring (bicyclic) bond motifs is 9. The van der Waals surface area contributed by atoms with Gasteiger partial charge in [-0.25, -0.2) is 4.39 Å². The van der Waals surface area contributed by atoms with Crippen LogP contribution in [-0.2, 0) is 0 Å². The van der Waals surface area contributed by atoms with Crippen LogP contribution in [0.4, 0.5) is 21.5 Å². The van der Waals surface area contributed by atoms with Crippen molar-refractivity contribution in [2.24, 2.45) is 0 Å². The van der Waals surface area contributed by atoms with Crippen molar-refractivity contribution in [2.75, 3.05) is 4.90 Å². The lowest BCUT2D eigenvalue weighted by atomic mass is 10.1. The van der Waals surface area contributed by atoms with Gasteiger partial charge in [0.15, 0.2) is 0 Å². The monoisotopic (exact) mass is 699 g/mol. The molecule has 0 unspecified atom stereocenters. The minimum Gasteiger partial charge on any atom is -0.309 e. The second-order valence-electron chi connectivity index (χ2n) is 13.5. The van der Waals surface area contributed by atoms with E-state index in [4.69, 9.17) is 0 Å². The molecule has 0 radical (unpaired) electrons. The van der Waals surface area contributed by atoms with Crippen molar-refractivity contribution in [3.8, 4) is 11.4 Å². The number of thiophene rings is 1. The van der Waals surface area contributed by atoms with Gasteiger partial charge in [0.05, 0.1) is 32.5 Å². The molecule has 0 fully saturated rings. The largest absolute Gasteiger partial charge is 0.309 e. The zero-order valence-corrected chi connectivity index (χ0v) is 29.3. The summed E-state index contributed by atoms with van der Waals surface area (Å²) in [6, 6.07) is 63.6. The number of anilines is 3. The lowest BCUT2D eigenvalue weighted by molar-refractivity contribution is 0.627. The van der Waals surface area contributed by atoms with Crippen LogP contribution in [0.2, 0.25) is 0 Å². The smallest absolute Gasteiger partial charge is 0.123 e. The molecule has 3 aromatic heterocycles. The normalized spacial score (nSPS) is 11.9. The molecule has 11 aromatic rings. The standard InChI is InChI=1S/C48H30FN3S/c49-31-21-23-33(24-22-31)51-43-18-8-5-14-37(43)41-29-34(26-28-44(41)51)50(45-19-10-16-40-39-15-6-9-20-47(39)53-48(40)45)35-25-27-38-36-13-4-7-17-42(36)52(46(38)30-35)32-11-2-1-3-12-32/h1-30H. The highest BCUT2D eigenvalue weighted by atomic mass is 32.1. The molecule has 0 bridgehead atoms. The van der Waals surface area contributed by atoms with Crippen molar-refractivity contribution in [2.45, 2.75) is 0 Å². The molecule has 11 rings (SSSR count). The van der Waals surface area contributed by atoms with Crippen molar-refractivity contribution >= 4 is 92.2 Å². The minimum atomic E-state index is -0.244. The first-order chi connectivity index (χ1) is 26.2. The summed E-state index contributed by atoms with van der Waals surface area (Å²) in [5.74, 6) is -0.244. The molecule has 8 aromatic carbocycles. The molecule has 0 amide bonds. The summed E-state index contributed by atoms with van der Waals surface area (Å²) < 4.78 is 21.2. The fraction of sp³-hybridized carbons (Fsp3) is 0. The Morgan fingerprint density at radius 2 is 0.962 bits per heavy atom. The first kappa shape index (κ1) is 30.0. The molecule has 0 N–H and O–H groups in total. The van der Waals surface area contributed by atoms with Crippen molar-refractivity contribution < 1.29 is 4.39 Å². The molecule has 0 saturated heterocycles. The van der Waals surface area contributed by atoms with Gasteiger partial charge in [-0.1, -0.05) is 91.0 Å². The third kappa shape index (κ3) is 4.57. The fourth-order valence-electron chi connectivity index (χ4n) is 8.26. The SMILES string of the molecule is Fc1ccc(-n2c3ccccc3c3cc(N(c4ccc5c6ccccc6n(-c6ccccc6)c5c4)c4cccc5c4sc4ccccc45)ccc32)cc1. The molecule has 3 heterocycles. The predicted octanol–water partition coefficient (Wildman–Crippen LogP) is 13.9. The Balaban J connectivity index is 1.21. The van der Waals surface area contributed by atoms with Gasteiger partial charge >= 0.3 is 0 Å². The van der Waals surface area contributed by atoms with Gasteiger partial charge in [0.1, 0.15) is 5.82 Å². The van der Waals surface area contributed by atoms with Crippen LogP contribution in [-0.4, -0.2) is 9.13 Å². The van der Waals surface area contributed by atoms with Crippen molar-refractivity contribution in [3.63, 3.8) is 0 Å². The molecule has 53 heavy (non-hydrogen) atoms. The lowest BCUT2D eigenvalue weighted by Crippen LogP contribution is -2.10. The second kappa shape index (κ2) is 11.7. The highest BCUT2D eigenvalue weighted by Crippen LogP contribution is 2.47. The summed E-state index contributed by atoms with van der Waals surface area (Å²) in [4.78, 5) is 2.42. The first-order valence-electron chi connectivity index (χ1n) is 17.8. The van der Waals surface area contributed by atoms with E-state index in [0.29, 0.717) is 0 Å². The van der Waals surface area contributed by atoms with Gasteiger partial charge in [-0.05, 0) is 91.0 Å². The lowest BCUT2D eigenvalue weighted by Gasteiger charge is -2.26. The summed E-state index contributed by atoms with van der Waals surface area (Å²) >= 11 is 1.84. The molecule has 0 aliphatic rings. The Hall–Kier alpha value is -6.69. The third-order valence-corrected chi connectivity index (χ3v) is 11.8. The second-order valence-corrected chi connectivity index (χ2v) is 14.6. The van der Waals surface area contributed by atoms with Crippen LogP contribution in [0.5, 0.6) is 0 Å². The van der Waals surface area contributed by atoms with Crippen LogP contribution < -0.4 is 4.90 Å². The van der Waals surface area contributed by atoms with Crippen LogP contribution in [0.3, 0.4) is 0 Å². The van der Waals surface area contributed by atoms with Gasteiger partial charge in [-0.3, -0.25) is 0 Å². The Morgan fingerprint density at radius 3 is 1.75 bits per heavy atom. The van der Waals surface area contributed by atoms with E-state index in [1.807, 2.05) is 23.5 Å². The van der Waals surface area contributed by atoms with Crippen LogP contribution in [0, 0.1) is 5.82 Å². The molecule has 0 spiro atoms. The number of para-hydroxylation sites is 3. The van der Waals surface area contributed by atoms with E-state index in [1.165, 1.54) is 48.6 Å². The molecule has 5 heteroatoms. The number of halogens is 1. The quantitative estimate of drug-likeness (QED) is 0.174. The van der Waals surface area contributed by atoms with Crippen molar-refractivity contribution in [1.82, 2.24) is 9.13 Å². The van der Waals surface area contributed by atoms with Crippen LogP contribution >= 0.6 is 11.3 Å². The highest BCUT2D eigenvalue weighted by Gasteiger charge is 2.22. The molecule has 0 saturated carbocycles. The van der Waals surface area contributed by atoms with Gasteiger partial charge < -0.3 is 14.0 Å². The number of hydrogen-bond donors (Lipinski definition) is 0. The predicted molar refractivity (Wildman–Crippen MR) is 223 cm³/mol. The van der Waals surface area contributed by atoms with E-state index in [-0.39, 0.29) is 5.82 Å². The zero-order chi connectivity index (χ0) is 35.0. The number of aromatic nitrogens is 2.